The summed E-state index contributed by atoms with van der Waals surface area (Å²) in [6.07, 6.45) is 4.17. The molecule has 0 saturated heterocycles. The summed E-state index contributed by atoms with van der Waals surface area (Å²) in [4.78, 5) is 0. The molecule has 1 heterocycles. The van der Waals surface area contributed by atoms with E-state index in [2.05, 4.69) is 35.9 Å². The van der Waals surface area contributed by atoms with E-state index < -0.39 is 0 Å². The summed E-state index contributed by atoms with van der Waals surface area (Å²) in [7, 11) is 2.01. The van der Waals surface area contributed by atoms with Gasteiger partial charge in [0.15, 0.2) is 0 Å². The van der Waals surface area contributed by atoms with Crippen molar-refractivity contribution >= 4 is 0 Å². The molecule has 90 valence electrons. The summed E-state index contributed by atoms with van der Waals surface area (Å²) < 4.78 is 2.21. The molecule has 0 aromatic carbocycles. The van der Waals surface area contributed by atoms with Crippen molar-refractivity contribution in [3.05, 3.63) is 17.0 Å². The third-order valence-corrected chi connectivity index (χ3v) is 3.96. The minimum atomic E-state index is 0.398. The first-order chi connectivity index (χ1) is 7.63. The van der Waals surface area contributed by atoms with Crippen LogP contribution in [0.3, 0.4) is 0 Å². The minimum absolute atomic E-state index is 0.398. The zero-order valence-corrected chi connectivity index (χ0v) is 10.9. The Kier molecular flexibility index (Phi) is 3.33. The van der Waals surface area contributed by atoms with E-state index in [0.29, 0.717) is 6.04 Å². The van der Waals surface area contributed by atoms with Crippen LogP contribution in [-0.4, -0.2) is 16.8 Å². The number of rotatable bonds is 4. The van der Waals surface area contributed by atoms with Crippen LogP contribution in [0.2, 0.25) is 0 Å². The molecule has 1 atom stereocenters. The van der Waals surface area contributed by atoms with Gasteiger partial charge in [-0.1, -0.05) is 6.42 Å². The van der Waals surface area contributed by atoms with Gasteiger partial charge in [0.2, 0.25) is 0 Å². The van der Waals surface area contributed by atoms with E-state index in [1.807, 2.05) is 7.05 Å². The first kappa shape index (κ1) is 11.6. The van der Waals surface area contributed by atoms with Crippen molar-refractivity contribution in [3.8, 4) is 0 Å². The van der Waals surface area contributed by atoms with E-state index in [4.69, 9.17) is 0 Å². The van der Waals surface area contributed by atoms with Gasteiger partial charge in [-0.25, -0.2) is 0 Å². The van der Waals surface area contributed by atoms with Crippen LogP contribution in [0.15, 0.2) is 0 Å². The Morgan fingerprint density at radius 2 is 2.12 bits per heavy atom. The molecule has 2 rings (SSSR count). The molecule has 1 aromatic rings. The Bertz CT molecular complexity index is 363. The maximum Gasteiger partial charge on any atom is 0.0644 e. The van der Waals surface area contributed by atoms with E-state index in [-0.39, 0.29) is 0 Å². The summed E-state index contributed by atoms with van der Waals surface area (Å²) in [5.41, 5.74) is 3.90. The molecule has 1 saturated carbocycles. The van der Waals surface area contributed by atoms with E-state index in [0.717, 1.165) is 12.5 Å². The molecule has 3 heteroatoms. The van der Waals surface area contributed by atoms with Gasteiger partial charge in [-0.15, -0.1) is 0 Å². The second kappa shape index (κ2) is 4.58. The molecule has 1 N–H and O–H groups in total. The molecule has 1 aliphatic rings. The molecule has 0 spiro atoms. The predicted molar refractivity (Wildman–Crippen MR) is 66.5 cm³/mol. The van der Waals surface area contributed by atoms with E-state index in [1.54, 1.807) is 0 Å². The van der Waals surface area contributed by atoms with E-state index >= 15 is 0 Å². The van der Waals surface area contributed by atoms with Crippen molar-refractivity contribution in [1.82, 2.24) is 15.1 Å². The highest BCUT2D eigenvalue weighted by molar-refractivity contribution is 5.27. The lowest BCUT2D eigenvalue weighted by molar-refractivity contribution is 0.264. The third kappa shape index (κ3) is 2.01. The summed E-state index contributed by atoms with van der Waals surface area (Å²) in [5, 5.41) is 7.98. The average Bonchev–Trinajstić information content (AvgIpc) is 2.47. The minimum Gasteiger partial charge on any atom is -0.313 e. The Balaban J connectivity index is 2.19. The number of aromatic nitrogens is 2. The summed E-state index contributed by atoms with van der Waals surface area (Å²) in [6, 6.07) is 0.398. The molecule has 0 amide bonds. The Labute approximate surface area is 98.2 Å². The van der Waals surface area contributed by atoms with E-state index in [1.165, 1.54) is 36.2 Å². The van der Waals surface area contributed by atoms with Gasteiger partial charge in [0.05, 0.1) is 5.69 Å². The summed E-state index contributed by atoms with van der Waals surface area (Å²) in [6.45, 7) is 7.63. The zero-order valence-electron chi connectivity index (χ0n) is 10.9. The standard InChI is InChI=1S/C13H23N3/c1-9(14-4)13-10(2)15-16(11(13)3)8-12-6-5-7-12/h9,12,14H,5-8H2,1-4H3. The highest BCUT2D eigenvalue weighted by atomic mass is 15.3. The normalized spacial score (nSPS) is 18.5. The molecule has 3 nitrogen and oxygen atoms in total. The Hall–Kier alpha value is -0.830. The van der Waals surface area contributed by atoms with Crippen LogP contribution in [0.1, 0.15) is 49.2 Å². The first-order valence-electron chi connectivity index (χ1n) is 6.34. The van der Waals surface area contributed by atoms with Crippen molar-refractivity contribution in [2.24, 2.45) is 5.92 Å². The molecule has 16 heavy (non-hydrogen) atoms. The van der Waals surface area contributed by atoms with Crippen molar-refractivity contribution in [1.29, 1.82) is 0 Å². The van der Waals surface area contributed by atoms with Gasteiger partial charge >= 0.3 is 0 Å². The third-order valence-electron chi connectivity index (χ3n) is 3.96. The molecule has 1 aliphatic carbocycles. The fraction of sp³-hybridized carbons (Fsp3) is 0.769. The van der Waals surface area contributed by atoms with Gasteiger partial charge in [-0.2, -0.15) is 5.10 Å². The number of hydrogen-bond acceptors (Lipinski definition) is 2. The summed E-state index contributed by atoms with van der Waals surface area (Å²) >= 11 is 0. The van der Waals surface area contributed by atoms with Gasteiger partial charge < -0.3 is 5.32 Å². The quantitative estimate of drug-likeness (QED) is 0.847. The first-order valence-corrected chi connectivity index (χ1v) is 6.34. The Morgan fingerprint density at radius 1 is 1.44 bits per heavy atom. The summed E-state index contributed by atoms with van der Waals surface area (Å²) in [5.74, 6) is 0.871. The van der Waals surface area contributed by atoms with Crippen LogP contribution < -0.4 is 5.32 Å². The molecule has 1 unspecified atom stereocenters. The SMILES string of the molecule is CNC(C)c1c(C)nn(CC2CCC2)c1C. The van der Waals surface area contributed by atoms with Gasteiger partial charge in [-0.3, -0.25) is 4.68 Å². The molecule has 0 radical (unpaired) electrons. The molecule has 1 aromatic heterocycles. The number of hydrogen-bond donors (Lipinski definition) is 1. The van der Waals surface area contributed by atoms with Crippen LogP contribution in [0.5, 0.6) is 0 Å². The average molecular weight is 221 g/mol. The largest absolute Gasteiger partial charge is 0.313 e. The van der Waals surface area contributed by atoms with Crippen LogP contribution >= 0.6 is 0 Å². The lowest BCUT2D eigenvalue weighted by Gasteiger charge is -2.25. The van der Waals surface area contributed by atoms with Crippen LogP contribution in [0, 0.1) is 19.8 Å². The van der Waals surface area contributed by atoms with Crippen molar-refractivity contribution in [2.45, 2.75) is 52.6 Å². The van der Waals surface area contributed by atoms with Crippen LogP contribution in [0.25, 0.3) is 0 Å². The monoisotopic (exact) mass is 221 g/mol. The highest BCUT2D eigenvalue weighted by Gasteiger charge is 2.21. The van der Waals surface area contributed by atoms with Gasteiger partial charge in [0, 0.05) is 23.8 Å². The lowest BCUT2D eigenvalue weighted by atomic mass is 9.85. The predicted octanol–water partition coefficient (Wildman–Crippen LogP) is 2.58. The van der Waals surface area contributed by atoms with Crippen molar-refractivity contribution < 1.29 is 0 Å². The zero-order chi connectivity index (χ0) is 11.7. The van der Waals surface area contributed by atoms with E-state index in [9.17, 15) is 0 Å². The molecule has 0 aliphatic heterocycles. The molecular weight excluding hydrogens is 198 g/mol. The van der Waals surface area contributed by atoms with Gasteiger partial charge in [-0.05, 0) is 46.6 Å². The van der Waals surface area contributed by atoms with Crippen molar-refractivity contribution in [3.63, 3.8) is 0 Å². The topological polar surface area (TPSA) is 29.9 Å². The lowest BCUT2D eigenvalue weighted by Crippen LogP contribution is -2.20. The number of nitrogens with one attached hydrogen (secondary N) is 1. The second-order valence-electron chi connectivity index (χ2n) is 5.07. The van der Waals surface area contributed by atoms with Gasteiger partial charge in [0.1, 0.15) is 0 Å². The molecular formula is C13H23N3. The number of nitrogens with zero attached hydrogens (tertiary/aromatic N) is 2. The fourth-order valence-electron chi connectivity index (χ4n) is 2.58. The Morgan fingerprint density at radius 3 is 2.62 bits per heavy atom. The number of aryl methyl sites for hydroxylation is 1. The van der Waals surface area contributed by atoms with Crippen LogP contribution in [-0.2, 0) is 6.54 Å². The van der Waals surface area contributed by atoms with Gasteiger partial charge in [0.25, 0.3) is 0 Å². The second-order valence-corrected chi connectivity index (χ2v) is 5.07. The van der Waals surface area contributed by atoms with Crippen LogP contribution in [0.4, 0.5) is 0 Å². The van der Waals surface area contributed by atoms with Crippen molar-refractivity contribution in [2.75, 3.05) is 7.05 Å². The molecule has 1 fully saturated rings. The highest BCUT2D eigenvalue weighted by Crippen LogP contribution is 2.29. The molecule has 0 bridgehead atoms. The maximum atomic E-state index is 4.68. The fourth-order valence-corrected chi connectivity index (χ4v) is 2.58. The smallest absolute Gasteiger partial charge is 0.0644 e. The maximum absolute atomic E-state index is 4.68.